The second kappa shape index (κ2) is 9.35. The van der Waals surface area contributed by atoms with Crippen LogP contribution >= 0.6 is 15.9 Å². The summed E-state index contributed by atoms with van der Waals surface area (Å²) >= 11 is 3.30. The van der Waals surface area contributed by atoms with E-state index in [4.69, 9.17) is 9.15 Å². The molecular weight excluding hydrogens is 476 g/mol. The Bertz CT molecular complexity index is 1220. The van der Waals surface area contributed by atoms with Crippen LogP contribution in [0.15, 0.2) is 56.7 Å². The number of benzene rings is 1. The van der Waals surface area contributed by atoms with Crippen molar-refractivity contribution in [3.05, 3.63) is 75.4 Å². The van der Waals surface area contributed by atoms with Gasteiger partial charge in [-0.1, -0.05) is 12.1 Å². The fourth-order valence-electron chi connectivity index (χ4n) is 3.64. The Morgan fingerprint density at radius 1 is 1.19 bits per heavy atom. The molecule has 0 unspecified atom stereocenters. The smallest absolute Gasteiger partial charge is 0.291 e. The summed E-state index contributed by atoms with van der Waals surface area (Å²) < 4.78 is 11.9. The molecule has 0 spiro atoms. The number of hydrazone groups is 1. The first-order valence-corrected chi connectivity index (χ1v) is 10.8. The number of ether oxygens (including phenoxy) is 1. The molecule has 0 radical (unpaired) electrons. The summed E-state index contributed by atoms with van der Waals surface area (Å²) in [5.41, 5.74) is 5.67. The largest absolute Gasteiger partial charge is 0.495 e. The molecule has 2 N–H and O–H groups in total. The number of furan rings is 1. The van der Waals surface area contributed by atoms with Gasteiger partial charge in [-0.05, 0) is 53.9 Å². The highest BCUT2D eigenvalue weighted by atomic mass is 79.9. The maximum atomic E-state index is 12.9. The van der Waals surface area contributed by atoms with Gasteiger partial charge in [0, 0.05) is 34.4 Å². The number of halogens is 1. The van der Waals surface area contributed by atoms with Crippen molar-refractivity contribution < 1.29 is 18.7 Å². The maximum Gasteiger partial charge on any atom is 0.291 e. The summed E-state index contributed by atoms with van der Waals surface area (Å²) in [6.45, 7) is 1.82. The van der Waals surface area contributed by atoms with E-state index in [2.05, 4.69) is 36.8 Å². The molecule has 0 fully saturated rings. The normalized spacial score (nSPS) is 14.0. The molecule has 0 saturated carbocycles. The molecule has 0 saturated heterocycles. The van der Waals surface area contributed by atoms with Crippen LogP contribution in [-0.2, 0) is 6.42 Å². The van der Waals surface area contributed by atoms with Crippen molar-refractivity contribution >= 4 is 39.1 Å². The molecule has 4 rings (SSSR count). The Kier molecular flexibility index (Phi) is 6.36. The fourth-order valence-corrected chi connectivity index (χ4v) is 4.01. The van der Waals surface area contributed by atoms with E-state index < -0.39 is 0 Å². The number of anilines is 1. The first kappa shape index (κ1) is 21.8. The highest BCUT2D eigenvalue weighted by molar-refractivity contribution is 9.10. The van der Waals surface area contributed by atoms with Gasteiger partial charge in [-0.15, -0.1) is 0 Å². The highest BCUT2D eigenvalue weighted by Gasteiger charge is 2.28. The van der Waals surface area contributed by atoms with Gasteiger partial charge in [0.15, 0.2) is 5.76 Å². The Hall–Kier alpha value is -3.46. The van der Waals surface area contributed by atoms with Gasteiger partial charge >= 0.3 is 0 Å². The number of amides is 2. The number of nitrogens with one attached hydrogen (secondary N) is 2. The van der Waals surface area contributed by atoms with Gasteiger partial charge in [-0.25, -0.2) is 5.43 Å². The van der Waals surface area contributed by atoms with Crippen LogP contribution in [0.5, 0.6) is 5.75 Å². The quantitative estimate of drug-likeness (QED) is 0.506. The zero-order valence-electron chi connectivity index (χ0n) is 17.6. The van der Waals surface area contributed by atoms with E-state index in [1.807, 2.05) is 19.1 Å². The van der Waals surface area contributed by atoms with Crippen LogP contribution in [0.3, 0.4) is 0 Å². The number of hydrogen-bond donors (Lipinski definition) is 2. The number of para-hydroxylation sites is 2. The Balaban J connectivity index is 1.58. The number of aromatic nitrogens is 1. The second-order valence-corrected chi connectivity index (χ2v) is 8.17. The van der Waals surface area contributed by atoms with Gasteiger partial charge in [-0.2, -0.15) is 5.10 Å². The van der Waals surface area contributed by atoms with Gasteiger partial charge in [0.1, 0.15) is 11.5 Å². The van der Waals surface area contributed by atoms with Gasteiger partial charge in [0.25, 0.3) is 11.8 Å². The Labute approximate surface area is 193 Å². The molecule has 164 valence electrons. The highest BCUT2D eigenvalue weighted by Crippen LogP contribution is 2.31. The molecule has 1 aromatic carbocycles. The first-order valence-electron chi connectivity index (χ1n) is 10.0. The molecule has 2 heterocycles. The van der Waals surface area contributed by atoms with Crippen molar-refractivity contribution in [1.82, 2.24) is 10.4 Å². The third-order valence-corrected chi connectivity index (χ3v) is 5.58. The minimum absolute atomic E-state index is 0.220. The molecule has 0 bridgehead atoms. The average Bonchev–Trinajstić information content (AvgIpc) is 3.15. The summed E-state index contributed by atoms with van der Waals surface area (Å²) in [5.74, 6) is 0.731. The summed E-state index contributed by atoms with van der Waals surface area (Å²) in [7, 11) is 1.54. The monoisotopic (exact) mass is 496 g/mol. The number of methoxy groups -OCH3 is 1. The number of carbonyl (C=O) groups excluding carboxylic acids is 2. The second-order valence-electron chi connectivity index (χ2n) is 7.25. The van der Waals surface area contributed by atoms with Crippen LogP contribution in [-0.4, -0.2) is 29.6 Å². The zero-order chi connectivity index (χ0) is 22.7. The molecule has 2 amide bonds. The van der Waals surface area contributed by atoms with Crippen LogP contribution < -0.4 is 15.5 Å². The lowest BCUT2D eigenvalue weighted by atomic mass is 9.93. The number of pyridine rings is 1. The molecule has 32 heavy (non-hydrogen) atoms. The molecule has 0 aliphatic heterocycles. The average molecular weight is 497 g/mol. The van der Waals surface area contributed by atoms with E-state index in [9.17, 15) is 9.59 Å². The van der Waals surface area contributed by atoms with E-state index in [0.717, 1.165) is 12.0 Å². The SMILES string of the molecule is COc1ccccc1NC(=O)c1oc2c(c1C)/C(=N/NC(=O)c1cncc(Br)c1)CCC2. The first-order chi connectivity index (χ1) is 15.5. The van der Waals surface area contributed by atoms with Crippen LogP contribution in [0, 0.1) is 6.92 Å². The molecular formula is C23H21BrN4O4. The summed E-state index contributed by atoms with van der Waals surface area (Å²) in [5, 5.41) is 7.18. The lowest BCUT2D eigenvalue weighted by Gasteiger charge is -2.13. The van der Waals surface area contributed by atoms with Crippen molar-refractivity contribution in [3.63, 3.8) is 0 Å². The van der Waals surface area contributed by atoms with Crippen molar-refractivity contribution in [1.29, 1.82) is 0 Å². The predicted octanol–water partition coefficient (Wildman–Crippen LogP) is 4.48. The summed E-state index contributed by atoms with van der Waals surface area (Å²) in [6, 6.07) is 8.83. The van der Waals surface area contributed by atoms with E-state index in [-0.39, 0.29) is 17.6 Å². The number of rotatable bonds is 5. The summed E-state index contributed by atoms with van der Waals surface area (Å²) in [6.07, 6.45) is 5.23. The number of carbonyl (C=O) groups is 2. The van der Waals surface area contributed by atoms with E-state index in [1.54, 1.807) is 31.5 Å². The lowest BCUT2D eigenvalue weighted by molar-refractivity contribution is 0.0953. The number of hydrogen-bond acceptors (Lipinski definition) is 6. The van der Waals surface area contributed by atoms with Gasteiger partial charge in [-0.3, -0.25) is 14.6 Å². The lowest BCUT2D eigenvalue weighted by Crippen LogP contribution is -2.22. The van der Waals surface area contributed by atoms with Gasteiger partial charge < -0.3 is 14.5 Å². The van der Waals surface area contributed by atoms with Gasteiger partial charge in [0.05, 0.1) is 24.1 Å². The Morgan fingerprint density at radius 3 is 2.78 bits per heavy atom. The van der Waals surface area contributed by atoms with Crippen LogP contribution in [0.2, 0.25) is 0 Å². The third kappa shape index (κ3) is 4.43. The number of fused-ring (bicyclic) bond motifs is 1. The summed E-state index contributed by atoms with van der Waals surface area (Å²) in [4.78, 5) is 29.4. The van der Waals surface area contributed by atoms with Crippen LogP contribution in [0.25, 0.3) is 0 Å². The zero-order valence-corrected chi connectivity index (χ0v) is 19.2. The van der Waals surface area contributed by atoms with Crippen LogP contribution in [0.4, 0.5) is 5.69 Å². The van der Waals surface area contributed by atoms with E-state index >= 15 is 0 Å². The molecule has 9 heteroatoms. The van der Waals surface area contributed by atoms with Crippen molar-refractivity contribution in [3.8, 4) is 5.75 Å². The topological polar surface area (TPSA) is 106 Å². The van der Waals surface area contributed by atoms with E-state index in [1.165, 1.54) is 6.20 Å². The minimum atomic E-state index is -0.370. The molecule has 1 aliphatic rings. The van der Waals surface area contributed by atoms with Crippen molar-refractivity contribution in [2.75, 3.05) is 12.4 Å². The molecule has 1 aliphatic carbocycles. The molecule has 2 aromatic heterocycles. The minimum Gasteiger partial charge on any atom is -0.495 e. The molecule has 0 atom stereocenters. The van der Waals surface area contributed by atoms with E-state index in [0.29, 0.717) is 51.4 Å². The Morgan fingerprint density at radius 2 is 2.00 bits per heavy atom. The van der Waals surface area contributed by atoms with Crippen LogP contribution in [0.1, 0.15) is 50.6 Å². The predicted molar refractivity (Wildman–Crippen MR) is 123 cm³/mol. The number of nitrogens with zero attached hydrogens (tertiary/aromatic N) is 2. The van der Waals surface area contributed by atoms with Crippen molar-refractivity contribution in [2.45, 2.75) is 26.2 Å². The van der Waals surface area contributed by atoms with Gasteiger partial charge in [0.2, 0.25) is 0 Å². The number of aryl methyl sites for hydroxylation is 1. The maximum absolute atomic E-state index is 12.9. The standard InChI is InChI=1S/C23H21BrN4O4/c1-13-20-17(27-28-22(29)14-10-15(24)12-25-11-14)7-5-9-19(20)32-21(13)23(30)26-16-6-3-4-8-18(16)31-2/h3-4,6,8,10-12H,5,7,9H2,1-2H3,(H,26,30)(H,28,29)/b27-17+. The molecule has 3 aromatic rings. The molecule has 8 nitrogen and oxygen atoms in total. The van der Waals surface area contributed by atoms with Crippen molar-refractivity contribution in [2.24, 2.45) is 5.10 Å². The fraction of sp³-hybridized carbons (Fsp3) is 0.217. The third-order valence-electron chi connectivity index (χ3n) is 5.15.